The second-order valence-corrected chi connectivity index (χ2v) is 14.3. The van der Waals surface area contributed by atoms with Crippen LogP contribution in [0.15, 0.2) is 78.9 Å². The standard InChI is InChI=1S/C34H36ClN3O5S/c1-34(2,3)43-33(40)36-23-25-7-8-26-10-11-29(21-30(26)20-25)32(39)37-14-16-38(17-15-37)44(41,42)18-4-5-24-6-9-28-22-31(35)13-12-27(28)19-24/h4-13,19-22H,14-18,23H2,1-3H3,(H,36,40). The van der Waals surface area contributed by atoms with Crippen LogP contribution in [0.2, 0.25) is 5.02 Å². The number of nitrogens with one attached hydrogen (secondary N) is 1. The van der Waals surface area contributed by atoms with Crippen molar-refractivity contribution in [1.29, 1.82) is 0 Å². The Kier molecular flexibility index (Phi) is 9.29. The largest absolute Gasteiger partial charge is 0.444 e. The van der Waals surface area contributed by atoms with Gasteiger partial charge in [0.1, 0.15) is 5.60 Å². The zero-order chi connectivity index (χ0) is 31.5. The van der Waals surface area contributed by atoms with Crippen LogP contribution in [0.25, 0.3) is 27.6 Å². The number of hydrogen-bond acceptors (Lipinski definition) is 5. The van der Waals surface area contributed by atoms with Crippen LogP contribution in [0, 0.1) is 0 Å². The maximum absolute atomic E-state index is 13.3. The second kappa shape index (κ2) is 13.0. The van der Waals surface area contributed by atoms with Gasteiger partial charge in [0.05, 0.1) is 5.75 Å². The predicted molar refractivity (Wildman–Crippen MR) is 176 cm³/mol. The molecule has 1 aliphatic heterocycles. The lowest BCUT2D eigenvalue weighted by atomic mass is 10.0. The van der Waals surface area contributed by atoms with E-state index in [-0.39, 0.29) is 24.7 Å². The van der Waals surface area contributed by atoms with E-state index in [1.54, 1.807) is 17.0 Å². The first-order valence-corrected chi connectivity index (χ1v) is 16.5. The molecule has 0 spiro atoms. The van der Waals surface area contributed by atoms with Gasteiger partial charge in [0, 0.05) is 43.3 Å². The first kappa shape index (κ1) is 31.5. The highest BCUT2D eigenvalue weighted by Gasteiger charge is 2.28. The third kappa shape index (κ3) is 7.96. The highest BCUT2D eigenvalue weighted by atomic mass is 35.5. The van der Waals surface area contributed by atoms with E-state index in [0.717, 1.165) is 32.7 Å². The molecule has 4 aromatic carbocycles. The summed E-state index contributed by atoms with van der Waals surface area (Å²) in [6.45, 7) is 6.83. The van der Waals surface area contributed by atoms with Crippen molar-refractivity contribution in [3.05, 3.63) is 101 Å². The molecule has 8 nitrogen and oxygen atoms in total. The van der Waals surface area contributed by atoms with E-state index in [1.165, 1.54) is 4.31 Å². The molecule has 230 valence electrons. The van der Waals surface area contributed by atoms with E-state index >= 15 is 0 Å². The topological polar surface area (TPSA) is 96.0 Å². The number of hydrogen-bond donors (Lipinski definition) is 1. The number of fused-ring (bicyclic) bond motifs is 2. The van der Waals surface area contributed by atoms with Crippen molar-refractivity contribution in [2.75, 3.05) is 31.9 Å². The quantitative estimate of drug-likeness (QED) is 0.252. The van der Waals surface area contributed by atoms with Crippen LogP contribution < -0.4 is 5.32 Å². The molecule has 0 radical (unpaired) electrons. The van der Waals surface area contributed by atoms with Crippen LogP contribution in [0.5, 0.6) is 0 Å². The monoisotopic (exact) mass is 633 g/mol. The van der Waals surface area contributed by atoms with Gasteiger partial charge in [-0.3, -0.25) is 4.79 Å². The molecule has 5 rings (SSSR count). The van der Waals surface area contributed by atoms with Gasteiger partial charge in [-0.15, -0.1) is 0 Å². The maximum atomic E-state index is 13.3. The van der Waals surface area contributed by atoms with Crippen molar-refractivity contribution in [1.82, 2.24) is 14.5 Å². The molecular weight excluding hydrogens is 598 g/mol. The lowest BCUT2D eigenvalue weighted by molar-refractivity contribution is 0.0523. The summed E-state index contributed by atoms with van der Waals surface area (Å²) in [5.41, 5.74) is 1.75. The molecule has 4 aromatic rings. The highest BCUT2D eigenvalue weighted by Crippen LogP contribution is 2.22. The fourth-order valence-corrected chi connectivity index (χ4v) is 6.58. The number of benzene rings is 4. The average molecular weight is 634 g/mol. The van der Waals surface area contributed by atoms with Crippen LogP contribution in [-0.4, -0.2) is 67.2 Å². The van der Waals surface area contributed by atoms with Gasteiger partial charge in [0.15, 0.2) is 0 Å². The summed E-state index contributed by atoms with van der Waals surface area (Å²) in [6, 6.07) is 22.9. The van der Waals surface area contributed by atoms with Crippen molar-refractivity contribution in [3.8, 4) is 0 Å². The summed E-state index contributed by atoms with van der Waals surface area (Å²) in [7, 11) is -3.52. The van der Waals surface area contributed by atoms with E-state index in [9.17, 15) is 18.0 Å². The lowest BCUT2D eigenvalue weighted by Gasteiger charge is -2.34. The molecule has 1 aliphatic rings. The van der Waals surface area contributed by atoms with Crippen LogP contribution in [0.1, 0.15) is 42.3 Å². The molecule has 1 N–H and O–H groups in total. The smallest absolute Gasteiger partial charge is 0.407 e. The molecule has 1 heterocycles. The van der Waals surface area contributed by atoms with Gasteiger partial charge in [-0.1, -0.05) is 60.2 Å². The average Bonchev–Trinajstić information content (AvgIpc) is 2.98. The Morgan fingerprint density at radius 2 is 1.55 bits per heavy atom. The van der Waals surface area contributed by atoms with Gasteiger partial charge < -0.3 is 15.0 Å². The molecule has 0 atom stereocenters. The molecule has 10 heteroatoms. The summed E-state index contributed by atoms with van der Waals surface area (Å²) < 4.78 is 32.8. The number of amides is 2. The number of carbonyl (C=O) groups excluding carboxylic acids is 2. The van der Waals surface area contributed by atoms with Crippen molar-refractivity contribution < 1.29 is 22.7 Å². The van der Waals surface area contributed by atoms with Crippen LogP contribution >= 0.6 is 11.6 Å². The van der Waals surface area contributed by atoms with E-state index < -0.39 is 21.7 Å². The van der Waals surface area contributed by atoms with Crippen molar-refractivity contribution in [3.63, 3.8) is 0 Å². The summed E-state index contributed by atoms with van der Waals surface area (Å²) in [5.74, 6) is -0.256. The molecule has 0 aromatic heterocycles. The van der Waals surface area contributed by atoms with Gasteiger partial charge in [0.2, 0.25) is 10.0 Å². The molecule has 0 aliphatic carbocycles. The van der Waals surface area contributed by atoms with E-state index in [4.69, 9.17) is 16.3 Å². The lowest BCUT2D eigenvalue weighted by Crippen LogP contribution is -2.50. The number of rotatable bonds is 7. The first-order chi connectivity index (χ1) is 20.9. The third-order valence-corrected chi connectivity index (χ3v) is 9.35. The third-order valence-electron chi connectivity index (χ3n) is 7.35. The van der Waals surface area contributed by atoms with Crippen molar-refractivity contribution >= 4 is 61.2 Å². The van der Waals surface area contributed by atoms with Gasteiger partial charge in [-0.05, 0) is 89.8 Å². The number of carbonyl (C=O) groups is 2. The molecule has 1 fully saturated rings. The summed E-state index contributed by atoms with van der Waals surface area (Å²) >= 11 is 6.06. The number of alkyl carbamates (subject to hydrolysis) is 1. The van der Waals surface area contributed by atoms with Crippen molar-refractivity contribution in [2.24, 2.45) is 0 Å². The number of ether oxygens (including phenoxy) is 1. The minimum atomic E-state index is -3.52. The van der Waals surface area contributed by atoms with Crippen molar-refractivity contribution in [2.45, 2.75) is 32.9 Å². The Hall–Kier alpha value is -3.92. The minimum Gasteiger partial charge on any atom is -0.444 e. The molecule has 1 saturated heterocycles. The number of halogens is 1. The van der Waals surface area contributed by atoms with Gasteiger partial charge in [-0.25, -0.2) is 13.2 Å². The maximum Gasteiger partial charge on any atom is 0.407 e. The Morgan fingerprint density at radius 1 is 0.864 bits per heavy atom. The zero-order valence-electron chi connectivity index (χ0n) is 25.0. The Balaban J connectivity index is 1.16. The molecular formula is C34H36ClN3O5S. The zero-order valence-corrected chi connectivity index (χ0v) is 26.6. The number of nitrogens with zero attached hydrogens (tertiary/aromatic N) is 2. The summed E-state index contributed by atoms with van der Waals surface area (Å²) in [6.07, 6.45) is 2.98. The Bertz CT molecular complexity index is 1840. The van der Waals surface area contributed by atoms with Gasteiger partial charge in [-0.2, -0.15) is 4.31 Å². The second-order valence-electron chi connectivity index (χ2n) is 11.9. The van der Waals surface area contributed by atoms with Crippen LogP contribution in [0.3, 0.4) is 0 Å². The summed E-state index contributed by atoms with van der Waals surface area (Å²) in [4.78, 5) is 27.1. The van der Waals surface area contributed by atoms with E-state index in [0.29, 0.717) is 30.2 Å². The Labute approximate surface area is 263 Å². The number of piperazine rings is 1. The highest BCUT2D eigenvalue weighted by molar-refractivity contribution is 7.89. The number of sulfonamides is 1. The fraction of sp³-hybridized carbons (Fsp3) is 0.294. The van der Waals surface area contributed by atoms with E-state index in [2.05, 4.69) is 5.32 Å². The minimum absolute atomic E-state index is 0.116. The summed E-state index contributed by atoms with van der Waals surface area (Å²) in [5, 5.41) is 7.33. The predicted octanol–water partition coefficient (Wildman–Crippen LogP) is 6.47. The van der Waals surface area contributed by atoms with Gasteiger partial charge >= 0.3 is 6.09 Å². The molecule has 44 heavy (non-hydrogen) atoms. The first-order valence-electron chi connectivity index (χ1n) is 14.5. The molecule has 0 unspecified atom stereocenters. The molecule has 0 saturated carbocycles. The normalized spacial score (nSPS) is 14.8. The SMILES string of the molecule is CC(C)(C)OC(=O)NCc1ccc2ccc(C(=O)N3CCN(S(=O)(=O)CC=Cc4ccc5cc(Cl)ccc5c4)CC3)cc2c1. The van der Waals surface area contributed by atoms with Crippen LogP contribution in [-0.2, 0) is 21.3 Å². The molecule has 0 bridgehead atoms. The Morgan fingerprint density at radius 3 is 2.30 bits per heavy atom. The molecule has 2 amide bonds. The van der Waals surface area contributed by atoms with E-state index in [1.807, 2.05) is 93.6 Å². The van der Waals surface area contributed by atoms with Crippen LogP contribution in [0.4, 0.5) is 4.79 Å². The van der Waals surface area contributed by atoms with Gasteiger partial charge in [0.25, 0.3) is 5.91 Å². The fourth-order valence-electron chi connectivity index (χ4n) is 5.13.